The Bertz CT molecular complexity index is 430. The third-order valence-electron chi connectivity index (χ3n) is 1.85. The molecule has 2 aromatic rings. The maximum atomic E-state index is 12.9. The third kappa shape index (κ3) is 1.28. The molecule has 0 bridgehead atoms. The van der Waals surface area contributed by atoms with Crippen molar-refractivity contribution in [3.05, 3.63) is 30.3 Å². The summed E-state index contributed by atoms with van der Waals surface area (Å²) >= 11 is 0. The Morgan fingerprint density at radius 1 is 1.46 bits per heavy atom. The number of furan rings is 1. The lowest BCUT2D eigenvalue weighted by Gasteiger charge is -2.06. The number of alkyl halides is 2. The van der Waals surface area contributed by atoms with Gasteiger partial charge in [0.2, 0.25) is 0 Å². The van der Waals surface area contributed by atoms with E-state index in [9.17, 15) is 8.78 Å². The minimum absolute atomic E-state index is 0.115. The molecule has 0 amide bonds. The predicted molar refractivity (Wildman–Crippen MR) is 43.6 cm³/mol. The molecule has 0 aliphatic carbocycles. The van der Waals surface area contributed by atoms with Crippen molar-refractivity contribution in [3.8, 4) is 0 Å². The van der Waals surface area contributed by atoms with Gasteiger partial charge in [0.1, 0.15) is 11.8 Å². The zero-order valence-corrected chi connectivity index (χ0v) is 6.92. The topological polar surface area (TPSA) is 26.0 Å². The van der Waals surface area contributed by atoms with Gasteiger partial charge >= 0.3 is 0 Å². The molecular formula is C9H7F2NO. The molecule has 0 saturated heterocycles. The van der Waals surface area contributed by atoms with Crippen LogP contribution in [0.3, 0.4) is 0 Å². The van der Waals surface area contributed by atoms with Gasteiger partial charge in [-0.2, -0.15) is 0 Å². The van der Waals surface area contributed by atoms with Crippen molar-refractivity contribution < 1.29 is 13.2 Å². The van der Waals surface area contributed by atoms with Crippen molar-refractivity contribution in [2.45, 2.75) is 12.8 Å². The highest BCUT2D eigenvalue weighted by Crippen LogP contribution is 2.33. The van der Waals surface area contributed by atoms with Crippen LogP contribution in [0.2, 0.25) is 0 Å². The lowest BCUT2D eigenvalue weighted by molar-refractivity contribution is 0.0182. The fourth-order valence-electron chi connectivity index (χ4n) is 1.21. The second kappa shape index (κ2) is 2.52. The highest BCUT2D eigenvalue weighted by atomic mass is 19.3. The van der Waals surface area contributed by atoms with E-state index in [4.69, 9.17) is 4.42 Å². The number of pyridine rings is 1. The van der Waals surface area contributed by atoms with E-state index in [1.807, 2.05) is 0 Å². The second-order valence-electron chi connectivity index (χ2n) is 2.91. The minimum atomic E-state index is -2.88. The Morgan fingerprint density at radius 3 is 2.92 bits per heavy atom. The number of halogens is 2. The van der Waals surface area contributed by atoms with E-state index in [1.165, 1.54) is 12.4 Å². The highest BCUT2D eigenvalue weighted by molar-refractivity contribution is 5.80. The third-order valence-corrected chi connectivity index (χ3v) is 1.85. The van der Waals surface area contributed by atoms with E-state index in [-0.39, 0.29) is 5.56 Å². The summed E-state index contributed by atoms with van der Waals surface area (Å²) in [5.74, 6) is -2.88. The quantitative estimate of drug-likeness (QED) is 0.679. The van der Waals surface area contributed by atoms with E-state index >= 15 is 0 Å². The molecule has 0 aliphatic heterocycles. The maximum Gasteiger partial charge on any atom is 0.274 e. The summed E-state index contributed by atoms with van der Waals surface area (Å²) in [6.07, 6.45) is 3.96. The van der Waals surface area contributed by atoms with Crippen LogP contribution < -0.4 is 0 Å². The zero-order chi connectivity index (χ0) is 9.47. The van der Waals surface area contributed by atoms with Crippen LogP contribution in [0.4, 0.5) is 8.78 Å². The van der Waals surface area contributed by atoms with Crippen molar-refractivity contribution in [1.29, 1.82) is 0 Å². The molecule has 2 aromatic heterocycles. The molecule has 0 aromatic carbocycles. The first-order chi connectivity index (χ1) is 6.09. The van der Waals surface area contributed by atoms with Crippen molar-refractivity contribution >= 4 is 11.0 Å². The average Bonchev–Trinajstić information content (AvgIpc) is 2.45. The van der Waals surface area contributed by atoms with E-state index in [1.54, 1.807) is 6.07 Å². The van der Waals surface area contributed by atoms with Crippen molar-refractivity contribution in [2.75, 3.05) is 0 Å². The Hall–Kier alpha value is -1.45. The highest BCUT2D eigenvalue weighted by Gasteiger charge is 2.28. The lowest BCUT2D eigenvalue weighted by Crippen LogP contribution is -2.05. The molecule has 2 heterocycles. The van der Waals surface area contributed by atoms with E-state index < -0.39 is 5.92 Å². The standard InChI is InChI=1S/C9H7F2NO/c1-9(10,11)7-5-13-8-2-3-12-4-6(7)8/h2-5H,1H3. The summed E-state index contributed by atoms with van der Waals surface area (Å²) in [5.41, 5.74) is 0.321. The lowest BCUT2D eigenvalue weighted by atomic mass is 10.1. The molecule has 0 N–H and O–H groups in total. The van der Waals surface area contributed by atoms with Crippen LogP contribution in [-0.4, -0.2) is 4.98 Å². The number of nitrogens with zero attached hydrogens (tertiary/aromatic N) is 1. The number of hydrogen-bond acceptors (Lipinski definition) is 2. The van der Waals surface area contributed by atoms with Gasteiger partial charge in [0.05, 0.1) is 5.56 Å². The van der Waals surface area contributed by atoms with Crippen LogP contribution in [0, 0.1) is 0 Å². The molecule has 0 unspecified atom stereocenters. The summed E-state index contributed by atoms with van der Waals surface area (Å²) in [6, 6.07) is 1.56. The van der Waals surface area contributed by atoms with Gasteiger partial charge in [-0.3, -0.25) is 4.98 Å². The normalized spacial score (nSPS) is 12.2. The van der Waals surface area contributed by atoms with Crippen LogP contribution in [0.5, 0.6) is 0 Å². The summed E-state index contributed by atoms with van der Waals surface area (Å²) < 4.78 is 30.8. The number of rotatable bonds is 1. The smallest absolute Gasteiger partial charge is 0.274 e. The maximum absolute atomic E-state index is 12.9. The Balaban J connectivity index is 2.72. The summed E-state index contributed by atoms with van der Waals surface area (Å²) in [6.45, 7) is 0.838. The summed E-state index contributed by atoms with van der Waals surface area (Å²) in [4.78, 5) is 3.77. The van der Waals surface area contributed by atoms with Gasteiger partial charge in [-0.1, -0.05) is 0 Å². The van der Waals surface area contributed by atoms with Gasteiger partial charge in [0.25, 0.3) is 5.92 Å². The molecule has 0 saturated carbocycles. The van der Waals surface area contributed by atoms with Gasteiger partial charge < -0.3 is 4.42 Å². The monoisotopic (exact) mass is 183 g/mol. The van der Waals surface area contributed by atoms with Crippen LogP contribution >= 0.6 is 0 Å². The van der Waals surface area contributed by atoms with Crippen molar-refractivity contribution in [1.82, 2.24) is 4.98 Å². The Labute approximate surface area is 73.2 Å². The predicted octanol–water partition coefficient (Wildman–Crippen LogP) is 2.94. The molecule has 0 fully saturated rings. The first-order valence-corrected chi connectivity index (χ1v) is 3.78. The molecule has 68 valence electrons. The van der Waals surface area contributed by atoms with Gasteiger partial charge in [-0.15, -0.1) is 0 Å². The summed E-state index contributed by atoms with van der Waals surface area (Å²) in [7, 11) is 0. The van der Waals surface area contributed by atoms with Crippen LogP contribution in [0.25, 0.3) is 11.0 Å². The molecule has 13 heavy (non-hydrogen) atoms. The van der Waals surface area contributed by atoms with E-state index in [0.29, 0.717) is 11.0 Å². The zero-order valence-electron chi connectivity index (χ0n) is 6.92. The molecule has 0 aliphatic rings. The fourth-order valence-corrected chi connectivity index (χ4v) is 1.21. The molecule has 2 rings (SSSR count). The molecule has 0 radical (unpaired) electrons. The minimum Gasteiger partial charge on any atom is -0.464 e. The van der Waals surface area contributed by atoms with Crippen molar-refractivity contribution in [3.63, 3.8) is 0 Å². The van der Waals surface area contributed by atoms with Gasteiger partial charge in [0, 0.05) is 24.7 Å². The summed E-state index contributed by atoms with van der Waals surface area (Å²) in [5, 5.41) is 0.370. The SMILES string of the molecule is CC(F)(F)c1coc2ccncc12. The number of aromatic nitrogens is 1. The van der Waals surface area contributed by atoms with Gasteiger partial charge in [-0.25, -0.2) is 8.78 Å². The van der Waals surface area contributed by atoms with Crippen molar-refractivity contribution in [2.24, 2.45) is 0 Å². The Kier molecular flexibility index (Phi) is 1.58. The van der Waals surface area contributed by atoms with E-state index in [0.717, 1.165) is 13.2 Å². The Morgan fingerprint density at radius 2 is 2.23 bits per heavy atom. The van der Waals surface area contributed by atoms with Gasteiger partial charge in [-0.05, 0) is 6.07 Å². The molecule has 0 spiro atoms. The van der Waals surface area contributed by atoms with Crippen LogP contribution in [-0.2, 0) is 5.92 Å². The second-order valence-corrected chi connectivity index (χ2v) is 2.91. The molecular weight excluding hydrogens is 176 g/mol. The molecule has 0 atom stereocenters. The largest absolute Gasteiger partial charge is 0.464 e. The van der Waals surface area contributed by atoms with Crippen LogP contribution in [0.1, 0.15) is 12.5 Å². The van der Waals surface area contributed by atoms with E-state index in [2.05, 4.69) is 4.98 Å². The number of fused-ring (bicyclic) bond motifs is 1. The average molecular weight is 183 g/mol. The fraction of sp³-hybridized carbons (Fsp3) is 0.222. The first-order valence-electron chi connectivity index (χ1n) is 3.78. The first kappa shape index (κ1) is 8.16. The van der Waals surface area contributed by atoms with Crippen LogP contribution in [0.15, 0.2) is 29.1 Å². The number of hydrogen-bond donors (Lipinski definition) is 0. The molecule has 4 heteroatoms. The molecule has 2 nitrogen and oxygen atoms in total. The van der Waals surface area contributed by atoms with Gasteiger partial charge in [0.15, 0.2) is 0 Å².